The van der Waals surface area contributed by atoms with Crippen molar-refractivity contribution < 1.29 is 4.79 Å². The van der Waals surface area contributed by atoms with Crippen molar-refractivity contribution in [1.29, 1.82) is 0 Å². The molecule has 94 valence electrons. The van der Waals surface area contributed by atoms with Gasteiger partial charge < -0.3 is 5.73 Å². The quantitative estimate of drug-likeness (QED) is 0.776. The maximum atomic E-state index is 11.3. The fraction of sp³-hybridized carbons (Fsp3) is 0.556. The smallest absolute Gasteiger partial charge is 0.242 e. The number of rotatable bonds is 1. The third-order valence-electron chi connectivity index (χ3n) is 2.41. The molecule has 1 aromatic heterocycles. The molecule has 7 nitrogen and oxygen atoms in total. The molecule has 1 aliphatic heterocycles. The molecule has 0 fully saturated rings. The van der Waals surface area contributed by atoms with Gasteiger partial charge in [0.2, 0.25) is 5.91 Å². The van der Waals surface area contributed by atoms with Gasteiger partial charge in [0.15, 0.2) is 5.84 Å². The van der Waals surface area contributed by atoms with E-state index in [0.29, 0.717) is 24.5 Å². The molecule has 0 unspecified atom stereocenters. The van der Waals surface area contributed by atoms with Crippen molar-refractivity contribution in [2.45, 2.75) is 25.8 Å². The summed E-state index contributed by atoms with van der Waals surface area (Å²) in [6.07, 6.45) is 2.44. The SMILES string of the molecule is C[C@H](N)c1ncnn1C1=NN(C)C(=O)CC1.Cl. The van der Waals surface area contributed by atoms with Gasteiger partial charge in [-0.15, -0.1) is 12.4 Å². The van der Waals surface area contributed by atoms with Gasteiger partial charge in [0.1, 0.15) is 12.2 Å². The van der Waals surface area contributed by atoms with Crippen LogP contribution in [0.5, 0.6) is 0 Å². The van der Waals surface area contributed by atoms with Crippen LogP contribution in [0.4, 0.5) is 0 Å². The van der Waals surface area contributed by atoms with E-state index in [0.717, 1.165) is 0 Å². The molecular weight excluding hydrogens is 244 g/mol. The highest BCUT2D eigenvalue weighted by atomic mass is 35.5. The summed E-state index contributed by atoms with van der Waals surface area (Å²) in [6, 6.07) is -0.215. The summed E-state index contributed by atoms with van der Waals surface area (Å²) in [5.41, 5.74) is 5.77. The van der Waals surface area contributed by atoms with E-state index < -0.39 is 0 Å². The monoisotopic (exact) mass is 258 g/mol. The van der Waals surface area contributed by atoms with Crippen molar-refractivity contribution in [3.63, 3.8) is 0 Å². The van der Waals surface area contributed by atoms with Crippen LogP contribution in [0.1, 0.15) is 31.6 Å². The second-order valence-corrected chi connectivity index (χ2v) is 3.75. The van der Waals surface area contributed by atoms with Gasteiger partial charge in [-0.2, -0.15) is 10.2 Å². The van der Waals surface area contributed by atoms with Gasteiger partial charge in [-0.1, -0.05) is 0 Å². The second-order valence-electron chi connectivity index (χ2n) is 3.75. The first kappa shape index (κ1) is 13.6. The summed E-state index contributed by atoms with van der Waals surface area (Å²) in [5.74, 6) is 1.36. The molecule has 2 heterocycles. The minimum atomic E-state index is -0.215. The number of amides is 1. The largest absolute Gasteiger partial charge is 0.322 e. The molecule has 17 heavy (non-hydrogen) atoms. The molecule has 1 atom stereocenters. The summed E-state index contributed by atoms with van der Waals surface area (Å²) < 4.78 is 1.60. The number of nitrogens with two attached hydrogens (primary N) is 1. The zero-order valence-electron chi connectivity index (χ0n) is 9.70. The number of carbonyl (C=O) groups is 1. The van der Waals surface area contributed by atoms with Crippen molar-refractivity contribution in [2.24, 2.45) is 10.8 Å². The van der Waals surface area contributed by atoms with E-state index in [4.69, 9.17) is 5.73 Å². The van der Waals surface area contributed by atoms with Gasteiger partial charge >= 0.3 is 0 Å². The Morgan fingerprint density at radius 2 is 2.18 bits per heavy atom. The van der Waals surface area contributed by atoms with E-state index in [-0.39, 0.29) is 24.4 Å². The Balaban J connectivity index is 0.00000144. The maximum absolute atomic E-state index is 11.3. The lowest BCUT2D eigenvalue weighted by Gasteiger charge is -2.20. The van der Waals surface area contributed by atoms with Gasteiger partial charge in [-0.3, -0.25) is 4.79 Å². The molecule has 0 aromatic carbocycles. The van der Waals surface area contributed by atoms with Crippen LogP contribution in [0.15, 0.2) is 11.4 Å². The third kappa shape index (κ3) is 2.62. The van der Waals surface area contributed by atoms with E-state index in [9.17, 15) is 4.79 Å². The minimum Gasteiger partial charge on any atom is -0.322 e. The van der Waals surface area contributed by atoms with Crippen molar-refractivity contribution >= 4 is 24.1 Å². The summed E-state index contributed by atoms with van der Waals surface area (Å²) in [5, 5.41) is 9.56. The number of halogens is 1. The zero-order chi connectivity index (χ0) is 11.7. The molecule has 0 saturated carbocycles. The molecule has 2 rings (SSSR count). The number of hydrogen-bond acceptors (Lipinski definition) is 5. The predicted octanol–water partition coefficient (Wildman–Crippen LogP) is 0.133. The lowest BCUT2D eigenvalue weighted by molar-refractivity contribution is -0.130. The number of nitrogens with zero attached hydrogens (tertiary/aromatic N) is 5. The van der Waals surface area contributed by atoms with Crippen LogP contribution < -0.4 is 5.73 Å². The summed E-state index contributed by atoms with van der Waals surface area (Å²) >= 11 is 0. The van der Waals surface area contributed by atoms with E-state index in [1.165, 1.54) is 11.3 Å². The number of carbonyl (C=O) groups excluding carboxylic acids is 1. The highest BCUT2D eigenvalue weighted by Crippen LogP contribution is 2.12. The standard InChI is InChI=1S/C9H14N6O.ClH/c1-6(10)9-11-5-12-15(9)7-3-4-8(16)14(2)13-7;/h5-6H,3-4,10H2,1-2H3;1H/t6-;/m0./s1. The lowest BCUT2D eigenvalue weighted by Crippen LogP contribution is -2.32. The van der Waals surface area contributed by atoms with Gasteiger partial charge in [-0.25, -0.2) is 14.7 Å². The fourth-order valence-electron chi connectivity index (χ4n) is 1.57. The third-order valence-corrected chi connectivity index (χ3v) is 2.41. The van der Waals surface area contributed by atoms with E-state index in [1.807, 2.05) is 6.92 Å². The first-order valence-corrected chi connectivity index (χ1v) is 5.09. The van der Waals surface area contributed by atoms with Gasteiger partial charge in [0.25, 0.3) is 0 Å². The van der Waals surface area contributed by atoms with Crippen LogP contribution >= 0.6 is 12.4 Å². The van der Waals surface area contributed by atoms with E-state index >= 15 is 0 Å². The number of aromatic nitrogens is 3. The summed E-state index contributed by atoms with van der Waals surface area (Å²) in [6.45, 7) is 1.83. The highest BCUT2D eigenvalue weighted by molar-refractivity contribution is 5.92. The van der Waals surface area contributed by atoms with Crippen LogP contribution in [0.25, 0.3) is 0 Å². The van der Waals surface area contributed by atoms with Crippen molar-refractivity contribution in [3.8, 4) is 0 Å². The average molecular weight is 259 g/mol. The van der Waals surface area contributed by atoms with Crippen LogP contribution in [0.3, 0.4) is 0 Å². The molecule has 0 bridgehead atoms. The van der Waals surface area contributed by atoms with Crippen molar-refractivity contribution in [3.05, 3.63) is 12.2 Å². The molecule has 0 saturated heterocycles. The maximum Gasteiger partial charge on any atom is 0.242 e. The zero-order valence-corrected chi connectivity index (χ0v) is 10.5. The summed E-state index contributed by atoms with van der Waals surface area (Å²) in [7, 11) is 1.63. The van der Waals surface area contributed by atoms with Crippen molar-refractivity contribution in [1.82, 2.24) is 19.8 Å². The molecule has 0 radical (unpaired) electrons. The Hall–Kier alpha value is -1.47. The molecule has 1 amide bonds. The average Bonchev–Trinajstić information content (AvgIpc) is 2.71. The molecular formula is C9H15ClN6O. The van der Waals surface area contributed by atoms with E-state index in [1.54, 1.807) is 11.7 Å². The van der Waals surface area contributed by atoms with E-state index in [2.05, 4.69) is 15.2 Å². The highest BCUT2D eigenvalue weighted by Gasteiger charge is 2.21. The van der Waals surface area contributed by atoms with Crippen LogP contribution in [0, 0.1) is 0 Å². The summed E-state index contributed by atoms with van der Waals surface area (Å²) in [4.78, 5) is 15.4. The molecule has 0 aliphatic carbocycles. The van der Waals surface area contributed by atoms with Crippen molar-refractivity contribution in [2.75, 3.05) is 7.05 Å². The van der Waals surface area contributed by atoms with Gasteiger partial charge in [0.05, 0.1) is 6.04 Å². The Morgan fingerprint density at radius 1 is 1.47 bits per heavy atom. The molecule has 0 spiro atoms. The second kappa shape index (κ2) is 5.24. The Bertz CT molecular complexity index is 440. The fourth-order valence-corrected chi connectivity index (χ4v) is 1.57. The van der Waals surface area contributed by atoms with Crippen LogP contribution in [-0.4, -0.2) is 38.6 Å². The molecule has 8 heteroatoms. The van der Waals surface area contributed by atoms with Crippen LogP contribution in [-0.2, 0) is 4.79 Å². The lowest BCUT2D eigenvalue weighted by atomic mass is 10.2. The Kier molecular flexibility index (Phi) is 4.19. The van der Waals surface area contributed by atoms with Gasteiger partial charge in [0, 0.05) is 19.9 Å². The van der Waals surface area contributed by atoms with Gasteiger partial charge in [-0.05, 0) is 6.92 Å². The Morgan fingerprint density at radius 3 is 2.76 bits per heavy atom. The molecule has 1 aliphatic rings. The Labute approximate surface area is 105 Å². The van der Waals surface area contributed by atoms with Crippen LogP contribution in [0.2, 0.25) is 0 Å². The molecule has 2 N–H and O–H groups in total. The normalized spacial score (nSPS) is 17.5. The first-order valence-electron chi connectivity index (χ1n) is 5.09. The first-order chi connectivity index (χ1) is 7.59. The predicted molar refractivity (Wildman–Crippen MR) is 64.7 cm³/mol. The number of hydrazone groups is 1. The minimum absolute atomic E-state index is 0. The molecule has 1 aromatic rings. The topological polar surface area (TPSA) is 89.4 Å². The number of hydrogen-bond donors (Lipinski definition) is 1.